The van der Waals surface area contributed by atoms with E-state index in [1.807, 2.05) is 36.4 Å². The van der Waals surface area contributed by atoms with E-state index in [-0.39, 0.29) is 15.6 Å². The van der Waals surface area contributed by atoms with Crippen molar-refractivity contribution < 1.29 is 17.9 Å². The molecule has 0 atom stereocenters. The smallest absolute Gasteiger partial charge is 0.264 e. The van der Waals surface area contributed by atoms with Crippen molar-refractivity contribution >= 4 is 49.7 Å². The zero-order chi connectivity index (χ0) is 23.4. The van der Waals surface area contributed by atoms with Gasteiger partial charge in [0.05, 0.1) is 22.7 Å². The van der Waals surface area contributed by atoms with E-state index in [4.69, 9.17) is 16.3 Å². The molecule has 8 heteroatoms. The highest BCUT2D eigenvalue weighted by Gasteiger charge is 2.27. The first-order valence-corrected chi connectivity index (χ1v) is 11.9. The maximum atomic E-state index is 13.4. The number of rotatable bonds is 7. The van der Waals surface area contributed by atoms with Crippen molar-refractivity contribution in [2.45, 2.75) is 4.90 Å². The second kappa shape index (κ2) is 9.52. The number of hydrogen-bond donors (Lipinski definition) is 1. The van der Waals surface area contributed by atoms with E-state index in [2.05, 4.69) is 5.32 Å². The summed E-state index contributed by atoms with van der Waals surface area (Å²) < 4.78 is 33.1. The van der Waals surface area contributed by atoms with Crippen LogP contribution in [0.5, 0.6) is 5.75 Å². The van der Waals surface area contributed by atoms with Crippen LogP contribution >= 0.6 is 11.6 Å². The highest BCUT2D eigenvalue weighted by Crippen LogP contribution is 2.32. The number of halogens is 1. The number of carbonyl (C=O) groups excluding carboxylic acids is 1. The van der Waals surface area contributed by atoms with E-state index in [1.54, 1.807) is 36.4 Å². The van der Waals surface area contributed by atoms with Crippen LogP contribution in [0.4, 0.5) is 11.4 Å². The minimum absolute atomic E-state index is 0.0652. The predicted octanol–water partition coefficient (Wildman–Crippen LogP) is 5.34. The van der Waals surface area contributed by atoms with Crippen LogP contribution in [-0.4, -0.2) is 28.0 Å². The standard InChI is InChI=1S/C25H21ClN2O4S/c1-32-24-14-13-21(16-23(24)26)28(33(30,31)22-9-3-2-4-10-22)17-25(29)27-20-12-11-18-7-5-6-8-19(18)15-20/h2-16H,17H2,1H3,(H,27,29). The summed E-state index contributed by atoms with van der Waals surface area (Å²) in [6, 6.07) is 25.8. The van der Waals surface area contributed by atoms with Crippen molar-refractivity contribution in [1.29, 1.82) is 0 Å². The second-order valence-electron chi connectivity index (χ2n) is 7.25. The summed E-state index contributed by atoms with van der Waals surface area (Å²) in [7, 11) is -2.57. The van der Waals surface area contributed by atoms with Crippen LogP contribution in [0.25, 0.3) is 10.8 Å². The summed E-state index contributed by atoms with van der Waals surface area (Å²) in [4.78, 5) is 13.0. The maximum Gasteiger partial charge on any atom is 0.264 e. The van der Waals surface area contributed by atoms with Gasteiger partial charge in [-0.3, -0.25) is 9.10 Å². The number of carbonyl (C=O) groups is 1. The van der Waals surface area contributed by atoms with E-state index in [1.165, 1.54) is 25.3 Å². The molecule has 0 radical (unpaired) electrons. The molecule has 1 amide bonds. The van der Waals surface area contributed by atoms with Gasteiger partial charge in [0.1, 0.15) is 12.3 Å². The molecular formula is C25H21ClN2O4S. The summed E-state index contributed by atoms with van der Waals surface area (Å²) in [6.07, 6.45) is 0. The number of nitrogens with one attached hydrogen (secondary N) is 1. The van der Waals surface area contributed by atoms with Gasteiger partial charge in [-0.05, 0) is 53.2 Å². The van der Waals surface area contributed by atoms with Crippen molar-refractivity contribution in [2.75, 3.05) is 23.3 Å². The Kier molecular flexibility index (Phi) is 6.53. The van der Waals surface area contributed by atoms with Crippen molar-refractivity contribution in [1.82, 2.24) is 0 Å². The summed E-state index contributed by atoms with van der Waals surface area (Å²) in [5.41, 5.74) is 0.821. The minimum Gasteiger partial charge on any atom is -0.495 e. The van der Waals surface area contributed by atoms with Gasteiger partial charge in [-0.15, -0.1) is 0 Å². The van der Waals surface area contributed by atoms with Gasteiger partial charge in [-0.1, -0.05) is 60.1 Å². The molecule has 0 saturated heterocycles. The first-order valence-electron chi connectivity index (χ1n) is 10.1. The Labute approximate surface area is 197 Å². The van der Waals surface area contributed by atoms with E-state index >= 15 is 0 Å². The largest absolute Gasteiger partial charge is 0.495 e. The molecule has 4 aromatic rings. The lowest BCUT2D eigenvalue weighted by atomic mass is 10.1. The zero-order valence-corrected chi connectivity index (χ0v) is 19.3. The second-order valence-corrected chi connectivity index (χ2v) is 9.52. The SMILES string of the molecule is COc1ccc(N(CC(=O)Nc2ccc3ccccc3c2)S(=O)(=O)c2ccccc2)cc1Cl. The number of fused-ring (bicyclic) bond motifs is 1. The number of amides is 1. The van der Waals surface area contributed by atoms with E-state index in [0.29, 0.717) is 11.4 Å². The number of nitrogens with zero attached hydrogens (tertiary/aromatic N) is 1. The molecule has 0 unspecified atom stereocenters. The molecule has 0 aliphatic carbocycles. The molecule has 0 heterocycles. The number of benzene rings is 4. The fraction of sp³-hybridized carbons (Fsp3) is 0.0800. The molecule has 1 N–H and O–H groups in total. The lowest BCUT2D eigenvalue weighted by Gasteiger charge is -2.24. The molecule has 0 bridgehead atoms. The normalized spacial score (nSPS) is 11.2. The van der Waals surface area contributed by atoms with Crippen molar-refractivity contribution in [3.63, 3.8) is 0 Å². The number of methoxy groups -OCH3 is 1. The van der Waals surface area contributed by atoms with Gasteiger partial charge in [0.2, 0.25) is 5.91 Å². The fourth-order valence-corrected chi connectivity index (χ4v) is 5.13. The summed E-state index contributed by atoms with van der Waals surface area (Å²) in [6.45, 7) is -0.438. The molecule has 0 spiro atoms. The summed E-state index contributed by atoms with van der Waals surface area (Å²) in [5.74, 6) is -0.0881. The molecule has 6 nitrogen and oxygen atoms in total. The number of anilines is 2. The number of ether oxygens (including phenoxy) is 1. The topological polar surface area (TPSA) is 75.7 Å². The Bertz CT molecular complexity index is 1410. The Balaban J connectivity index is 1.66. The van der Waals surface area contributed by atoms with Crippen LogP contribution in [-0.2, 0) is 14.8 Å². The Morgan fingerprint density at radius 3 is 2.30 bits per heavy atom. The molecular weight excluding hydrogens is 460 g/mol. The fourth-order valence-electron chi connectivity index (χ4n) is 3.44. The van der Waals surface area contributed by atoms with Crippen LogP contribution in [0.15, 0.2) is 95.9 Å². The monoisotopic (exact) mass is 480 g/mol. The molecule has 33 heavy (non-hydrogen) atoms. The Morgan fingerprint density at radius 1 is 0.909 bits per heavy atom. The number of hydrogen-bond acceptors (Lipinski definition) is 4. The van der Waals surface area contributed by atoms with Crippen molar-refractivity contribution in [2.24, 2.45) is 0 Å². The third kappa shape index (κ3) is 4.94. The maximum absolute atomic E-state index is 13.4. The zero-order valence-electron chi connectivity index (χ0n) is 17.7. The van der Waals surface area contributed by atoms with E-state index in [9.17, 15) is 13.2 Å². The lowest BCUT2D eigenvalue weighted by molar-refractivity contribution is -0.114. The first-order chi connectivity index (χ1) is 15.9. The van der Waals surface area contributed by atoms with Gasteiger partial charge in [0.15, 0.2) is 0 Å². The van der Waals surface area contributed by atoms with Crippen LogP contribution in [0.1, 0.15) is 0 Å². The van der Waals surface area contributed by atoms with Crippen molar-refractivity contribution in [3.05, 3.63) is 96.0 Å². The summed E-state index contributed by atoms with van der Waals surface area (Å²) >= 11 is 6.24. The summed E-state index contributed by atoms with van der Waals surface area (Å²) in [5, 5.41) is 5.03. The van der Waals surface area contributed by atoms with Gasteiger partial charge in [-0.2, -0.15) is 0 Å². The van der Waals surface area contributed by atoms with Gasteiger partial charge < -0.3 is 10.1 Å². The minimum atomic E-state index is -4.04. The van der Waals surface area contributed by atoms with Crippen molar-refractivity contribution in [3.8, 4) is 5.75 Å². The molecule has 0 fully saturated rings. The average Bonchev–Trinajstić information content (AvgIpc) is 2.83. The van der Waals surface area contributed by atoms with Crippen LogP contribution in [0.2, 0.25) is 5.02 Å². The third-order valence-electron chi connectivity index (χ3n) is 5.07. The predicted molar refractivity (Wildman–Crippen MR) is 132 cm³/mol. The van der Waals surface area contributed by atoms with Crippen LogP contribution in [0.3, 0.4) is 0 Å². The van der Waals surface area contributed by atoms with Gasteiger partial charge in [-0.25, -0.2) is 8.42 Å². The van der Waals surface area contributed by atoms with Gasteiger partial charge >= 0.3 is 0 Å². The highest BCUT2D eigenvalue weighted by molar-refractivity contribution is 7.92. The molecule has 4 rings (SSSR count). The molecule has 0 aliphatic heterocycles. The molecule has 4 aromatic carbocycles. The molecule has 0 aliphatic rings. The average molecular weight is 481 g/mol. The number of sulfonamides is 1. The quantitative estimate of drug-likeness (QED) is 0.387. The van der Waals surface area contributed by atoms with E-state index in [0.717, 1.165) is 15.1 Å². The Morgan fingerprint density at radius 2 is 1.61 bits per heavy atom. The molecule has 0 saturated carbocycles. The van der Waals surface area contributed by atoms with Crippen LogP contribution in [0, 0.1) is 0 Å². The van der Waals surface area contributed by atoms with Crippen LogP contribution < -0.4 is 14.4 Å². The van der Waals surface area contributed by atoms with Gasteiger partial charge in [0.25, 0.3) is 10.0 Å². The third-order valence-corrected chi connectivity index (χ3v) is 7.16. The molecule has 168 valence electrons. The van der Waals surface area contributed by atoms with Gasteiger partial charge in [0, 0.05) is 5.69 Å². The first kappa shape index (κ1) is 22.6. The highest BCUT2D eigenvalue weighted by atomic mass is 35.5. The Hall–Kier alpha value is -3.55. The molecule has 0 aromatic heterocycles. The van der Waals surface area contributed by atoms with E-state index < -0.39 is 22.5 Å². The lowest BCUT2D eigenvalue weighted by Crippen LogP contribution is -2.38.